The smallest absolute Gasteiger partial charge is 0.327 e. The van der Waals surface area contributed by atoms with Crippen LogP contribution < -0.4 is 29.0 Å². The minimum absolute atomic E-state index is 0.258. The Bertz CT molecular complexity index is 1090. The fourth-order valence-corrected chi connectivity index (χ4v) is 3.74. The van der Waals surface area contributed by atoms with Crippen molar-refractivity contribution in [3.05, 3.63) is 41.3 Å². The molecule has 0 spiro atoms. The number of rotatable bonds is 11. The summed E-state index contributed by atoms with van der Waals surface area (Å²) in [6.07, 6.45) is 1.36. The highest BCUT2D eigenvalue weighted by Crippen LogP contribution is 2.35. The highest BCUT2D eigenvalue weighted by molar-refractivity contribution is 7.95. The summed E-state index contributed by atoms with van der Waals surface area (Å²) in [4.78, 5) is 11.7. The Balaban J connectivity index is 2.32. The number of anilines is 2. The highest BCUT2D eigenvalue weighted by Gasteiger charge is 2.17. The molecule has 0 aliphatic heterocycles. The number of sulfonamides is 1. The van der Waals surface area contributed by atoms with Crippen molar-refractivity contribution < 1.29 is 36.9 Å². The molecule has 11 heteroatoms. The lowest BCUT2D eigenvalue weighted by Crippen LogP contribution is -2.27. The van der Waals surface area contributed by atoms with Crippen LogP contribution in [0.2, 0.25) is 0 Å². The number of esters is 1. The quantitative estimate of drug-likeness (QED) is 0.467. The zero-order valence-corrected chi connectivity index (χ0v) is 20.1. The van der Waals surface area contributed by atoms with Crippen LogP contribution in [0.15, 0.2) is 35.7 Å². The molecule has 0 bridgehead atoms. The molecule has 2 rings (SSSR count). The summed E-state index contributed by atoms with van der Waals surface area (Å²) in [6.45, 7) is 1.61. The van der Waals surface area contributed by atoms with Gasteiger partial charge in [-0.15, -0.1) is 0 Å². The first-order valence-electron chi connectivity index (χ1n) is 9.71. The average Bonchev–Trinajstić information content (AvgIpc) is 2.81. The van der Waals surface area contributed by atoms with Crippen LogP contribution in [0, 0.1) is 0 Å². The zero-order chi connectivity index (χ0) is 24.6. The van der Waals surface area contributed by atoms with E-state index < -0.39 is 22.0 Å². The molecule has 33 heavy (non-hydrogen) atoms. The van der Waals surface area contributed by atoms with Gasteiger partial charge in [0.25, 0.3) is 10.0 Å². The number of benzene rings is 2. The second-order valence-corrected chi connectivity index (χ2v) is 8.27. The van der Waals surface area contributed by atoms with Crippen molar-refractivity contribution in [3.63, 3.8) is 0 Å². The Morgan fingerprint density at radius 1 is 0.909 bits per heavy atom. The number of carbonyl (C=O) groups is 1. The number of ether oxygens (including phenoxy) is 5. The maximum absolute atomic E-state index is 12.7. The molecule has 180 valence electrons. The summed E-state index contributed by atoms with van der Waals surface area (Å²) in [5, 5.41) is 3.93. The molecule has 0 aromatic heterocycles. The summed E-state index contributed by atoms with van der Waals surface area (Å²) in [7, 11) is 3.24. The maximum atomic E-state index is 12.7. The lowest BCUT2D eigenvalue weighted by Gasteiger charge is -2.17. The molecular weight excluding hydrogens is 452 g/mol. The fourth-order valence-electron chi connectivity index (χ4n) is 2.91. The maximum Gasteiger partial charge on any atom is 0.327 e. The van der Waals surface area contributed by atoms with Crippen LogP contribution in [0.25, 0.3) is 6.08 Å². The number of methoxy groups -OCH3 is 5. The van der Waals surface area contributed by atoms with Gasteiger partial charge in [0.05, 0.1) is 57.9 Å². The summed E-state index contributed by atoms with van der Waals surface area (Å²) >= 11 is 0. The summed E-state index contributed by atoms with van der Waals surface area (Å²) in [5.41, 5.74) is 1.10. The summed E-state index contributed by atoms with van der Waals surface area (Å²) in [6, 6.07) is 7.18. The van der Waals surface area contributed by atoms with Gasteiger partial charge in [-0.2, -0.15) is 0 Å². The lowest BCUT2D eigenvalue weighted by molar-refractivity contribution is -0.141. The van der Waals surface area contributed by atoms with Crippen LogP contribution >= 0.6 is 0 Å². The molecule has 0 heterocycles. The molecule has 10 nitrogen and oxygen atoms in total. The molecule has 0 radical (unpaired) electrons. The molecule has 1 unspecified atom stereocenters. The fraction of sp³-hybridized carbons (Fsp3) is 0.318. The predicted octanol–water partition coefficient (Wildman–Crippen LogP) is 3.11. The first kappa shape index (κ1) is 25.7. The molecule has 0 aliphatic rings. The molecule has 0 amide bonds. The Kier molecular flexibility index (Phi) is 8.80. The van der Waals surface area contributed by atoms with Gasteiger partial charge in [-0.3, -0.25) is 4.72 Å². The Morgan fingerprint density at radius 2 is 1.52 bits per heavy atom. The second kappa shape index (κ2) is 11.3. The third kappa shape index (κ3) is 6.69. The molecule has 0 saturated heterocycles. The molecule has 1 atom stereocenters. The third-order valence-electron chi connectivity index (χ3n) is 4.55. The van der Waals surface area contributed by atoms with Gasteiger partial charge in [0, 0.05) is 12.1 Å². The van der Waals surface area contributed by atoms with Crippen molar-refractivity contribution in [2.75, 3.05) is 45.6 Å². The number of nitrogens with one attached hydrogen (secondary N) is 2. The van der Waals surface area contributed by atoms with E-state index in [-0.39, 0.29) is 5.69 Å². The lowest BCUT2D eigenvalue weighted by atomic mass is 10.1. The monoisotopic (exact) mass is 480 g/mol. The molecular formula is C22H28N2O8S. The highest BCUT2D eigenvalue weighted by atomic mass is 32.2. The van der Waals surface area contributed by atoms with Crippen LogP contribution in [0.1, 0.15) is 12.5 Å². The van der Waals surface area contributed by atoms with Crippen LogP contribution in [0.4, 0.5) is 11.4 Å². The minimum atomic E-state index is -3.92. The van der Waals surface area contributed by atoms with Gasteiger partial charge in [0.2, 0.25) is 0 Å². The van der Waals surface area contributed by atoms with Crippen molar-refractivity contribution in [2.24, 2.45) is 0 Å². The van der Waals surface area contributed by atoms with Crippen LogP contribution in [0.5, 0.6) is 23.0 Å². The van der Waals surface area contributed by atoms with E-state index in [2.05, 4.69) is 10.0 Å². The van der Waals surface area contributed by atoms with E-state index in [4.69, 9.17) is 23.7 Å². The Hall–Kier alpha value is -3.60. The molecule has 2 N–H and O–H groups in total. The standard InChI is InChI=1S/C22H28N2O8S/c1-14(22(25)32-6)23-18-11-15(7-8-19(18)29-3)24-33(26,27)10-9-17-20(30-4)12-16(28-2)13-21(17)31-5/h7-14,23-24H,1-6H3/b10-9+. The minimum Gasteiger partial charge on any atom is -0.496 e. The van der Waals surface area contributed by atoms with Gasteiger partial charge in [0.1, 0.15) is 29.0 Å². The van der Waals surface area contributed by atoms with Crippen molar-refractivity contribution in [2.45, 2.75) is 13.0 Å². The van der Waals surface area contributed by atoms with Crippen LogP contribution in [-0.2, 0) is 19.6 Å². The first-order valence-corrected chi connectivity index (χ1v) is 11.3. The summed E-state index contributed by atoms with van der Waals surface area (Å²) in [5.74, 6) is 1.21. The van der Waals surface area contributed by atoms with Gasteiger partial charge < -0.3 is 29.0 Å². The van der Waals surface area contributed by atoms with E-state index in [1.54, 1.807) is 25.1 Å². The largest absolute Gasteiger partial charge is 0.496 e. The van der Waals surface area contributed by atoms with Gasteiger partial charge >= 0.3 is 5.97 Å². The van der Waals surface area contributed by atoms with E-state index in [0.717, 1.165) is 5.41 Å². The van der Waals surface area contributed by atoms with E-state index in [1.807, 2.05) is 0 Å². The molecule has 0 saturated carbocycles. The number of hydrogen-bond donors (Lipinski definition) is 2. The molecule has 2 aromatic carbocycles. The van der Waals surface area contributed by atoms with Crippen molar-refractivity contribution in [1.82, 2.24) is 0 Å². The van der Waals surface area contributed by atoms with Crippen molar-refractivity contribution in [3.8, 4) is 23.0 Å². The zero-order valence-electron chi connectivity index (χ0n) is 19.3. The second-order valence-electron chi connectivity index (χ2n) is 6.70. The first-order chi connectivity index (χ1) is 15.7. The number of carbonyl (C=O) groups excluding carboxylic acids is 1. The van der Waals surface area contributed by atoms with Gasteiger partial charge in [-0.1, -0.05) is 0 Å². The van der Waals surface area contributed by atoms with Crippen LogP contribution in [-0.4, -0.2) is 56.0 Å². The Morgan fingerprint density at radius 3 is 2.03 bits per heavy atom. The number of hydrogen-bond acceptors (Lipinski definition) is 9. The van der Waals surface area contributed by atoms with Crippen LogP contribution in [0.3, 0.4) is 0 Å². The molecule has 2 aromatic rings. The predicted molar refractivity (Wildman–Crippen MR) is 126 cm³/mol. The topological polar surface area (TPSA) is 121 Å². The van der Waals surface area contributed by atoms with Gasteiger partial charge in [0.15, 0.2) is 0 Å². The SMILES string of the molecule is COC(=O)C(C)Nc1cc(NS(=O)(=O)/C=C/c2c(OC)cc(OC)cc2OC)ccc1OC. The van der Waals surface area contributed by atoms with E-state index in [0.29, 0.717) is 34.2 Å². The van der Waals surface area contributed by atoms with E-state index in [1.165, 1.54) is 53.8 Å². The van der Waals surface area contributed by atoms with E-state index in [9.17, 15) is 13.2 Å². The molecule has 0 fully saturated rings. The third-order valence-corrected chi connectivity index (χ3v) is 5.57. The van der Waals surface area contributed by atoms with Gasteiger partial charge in [-0.25, -0.2) is 13.2 Å². The normalized spacial score (nSPS) is 12.1. The Labute approximate surface area is 193 Å². The molecule has 0 aliphatic carbocycles. The van der Waals surface area contributed by atoms with Crippen molar-refractivity contribution in [1.29, 1.82) is 0 Å². The van der Waals surface area contributed by atoms with Gasteiger partial charge in [-0.05, 0) is 31.2 Å². The average molecular weight is 481 g/mol. The summed E-state index contributed by atoms with van der Waals surface area (Å²) < 4.78 is 53.7. The van der Waals surface area contributed by atoms with E-state index >= 15 is 0 Å². The van der Waals surface area contributed by atoms with Crippen molar-refractivity contribution >= 4 is 33.4 Å².